The number of hydrogen-bond donors (Lipinski definition) is 2. The normalized spacial score (nSPS) is 20.9. The van der Waals surface area contributed by atoms with Gasteiger partial charge in [-0.3, -0.25) is 9.69 Å². The van der Waals surface area contributed by atoms with E-state index in [2.05, 4.69) is 15.5 Å². The maximum absolute atomic E-state index is 12.7. The quantitative estimate of drug-likeness (QED) is 0.732. The van der Waals surface area contributed by atoms with Crippen molar-refractivity contribution in [2.24, 2.45) is 0 Å². The molecule has 1 aromatic rings. The Labute approximate surface area is 162 Å². The molecule has 8 nitrogen and oxygen atoms in total. The number of rotatable bonds is 5. The van der Waals surface area contributed by atoms with E-state index in [9.17, 15) is 14.4 Å². The van der Waals surface area contributed by atoms with Crippen molar-refractivity contribution in [3.8, 4) is 0 Å². The number of urea groups is 1. The molecule has 146 valence electrons. The summed E-state index contributed by atoms with van der Waals surface area (Å²) in [7, 11) is 0. The second-order valence-electron chi connectivity index (χ2n) is 6.44. The van der Waals surface area contributed by atoms with Gasteiger partial charge in [-0.25, -0.2) is 9.59 Å². The van der Waals surface area contributed by atoms with Gasteiger partial charge in [0.25, 0.3) is 0 Å². The Bertz CT molecular complexity index is 739. The zero-order valence-electron chi connectivity index (χ0n) is 15.5. The third kappa shape index (κ3) is 4.48. The number of ether oxygens (including phenoxy) is 1. The molecule has 0 saturated carbocycles. The molecule has 1 atom stereocenters. The first-order valence-electron chi connectivity index (χ1n) is 8.98. The molecule has 1 aromatic heterocycles. The zero-order valence-corrected chi connectivity index (χ0v) is 16.3. The third-order valence-corrected chi connectivity index (χ3v) is 5.61. The number of hydrogen-bond acceptors (Lipinski definition) is 6. The number of nitrogens with one attached hydrogen (secondary N) is 2. The van der Waals surface area contributed by atoms with Gasteiger partial charge < -0.3 is 20.3 Å². The van der Waals surface area contributed by atoms with E-state index in [0.717, 1.165) is 4.88 Å². The first kappa shape index (κ1) is 19.4. The molecule has 3 rings (SSSR count). The van der Waals surface area contributed by atoms with Crippen molar-refractivity contribution in [2.45, 2.75) is 19.9 Å². The van der Waals surface area contributed by atoms with Crippen molar-refractivity contribution in [1.82, 2.24) is 20.4 Å². The molecule has 0 radical (unpaired) electrons. The first-order valence-corrected chi connectivity index (χ1v) is 9.86. The number of nitrogens with zero attached hydrogens (tertiary/aromatic N) is 2. The molecule has 0 bridgehead atoms. The molecule has 3 amide bonds. The fraction of sp³-hybridized carbons (Fsp3) is 0.500. The lowest BCUT2D eigenvalue weighted by Gasteiger charge is -2.36. The minimum Gasteiger partial charge on any atom is -0.463 e. The lowest BCUT2D eigenvalue weighted by atomic mass is 10.0. The van der Waals surface area contributed by atoms with Crippen molar-refractivity contribution in [2.75, 3.05) is 39.3 Å². The van der Waals surface area contributed by atoms with Crippen LogP contribution in [0.1, 0.15) is 24.8 Å². The van der Waals surface area contributed by atoms with Gasteiger partial charge in [0, 0.05) is 50.2 Å². The van der Waals surface area contributed by atoms with E-state index >= 15 is 0 Å². The maximum Gasteiger partial charge on any atom is 0.338 e. The van der Waals surface area contributed by atoms with Crippen LogP contribution in [0.5, 0.6) is 0 Å². The number of carbonyl (C=O) groups excluding carboxylic acids is 3. The molecule has 2 N–H and O–H groups in total. The number of esters is 1. The summed E-state index contributed by atoms with van der Waals surface area (Å²) in [4.78, 5) is 41.2. The van der Waals surface area contributed by atoms with E-state index in [0.29, 0.717) is 44.0 Å². The topological polar surface area (TPSA) is 91.0 Å². The summed E-state index contributed by atoms with van der Waals surface area (Å²) in [6.45, 7) is 6.66. The van der Waals surface area contributed by atoms with Gasteiger partial charge in [-0.1, -0.05) is 6.07 Å². The molecule has 2 aliphatic rings. The van der Waals surface area contributed by atoms with E-state index in [1.807, 2.05) is 17.5 Å². The molecular formula is C18H24N4O4S. The van der Waals surface area contributed by atoms with Crippen molar-refractivity contribution in [3.63, 3.8) is 0 Å². The van der Waals surface area contributed by atoms with Crippen LogP contribution in [0.4, 0.5) is 4.79 Å². The Morgan fingerprint density at radius 1 is 1.30 bits per heavy atom. The Hall–Kier alpha value is -2.39. The average Bonchev–Trinajstić information content (AvgIpc) is 3.16. The largest absolute Gasteiger partial charge is 0.463 e. The van der Waals surface area contributed by atoms with Crippen LogP contribution < -0.4 is 10.6 Å². The van der Waals surface area contributed by atoms with Crippen molar-refractivity contribution in [1.29, 1.82) is 0 Å². The predicted molar refractivity (Wildman–Crippen MR) is 101 cm³/mol. The summed E-state index contributed by atoms with van der Waals surface area (Å²) in [5.41, 5.74) is 1.000. The summed E-state index contributed by atoms with van der Waals surface area (Å²) in [5.74, 6) is -0.366. The molecule has 0 unspecified atom stereocenters. The Morgan fingerprint density at radius 3 is 2.63 bits per heavy atom. The van der Waals surface area contributed by atoms with Crippen molar-refractivity contribution >= 4 is 29.2 Å². The lowest BCUT2D eigenvalue weighted by Crippen LogP contribution is -2.52. The van der Waals surface area contributed by atoms with E-state index in [4.69, 9.17) is 4.74 Å². The van der Waals surface area contributed by atoms with Gasteiger partial charge in [-0.2, -0.15) is 0 Å². The second-order valence-corrected chi connectivity index (χ2v) is 7.42. The zero-order chi connectivity index (χ0) is 19.4. The van der Waals surface area contributed by atoms with Crippen LogP contribution in [-0.2, 0) is 14.3 Å². The standard InChI is InChI=1S/C18H24N4O4S/c1-3-26-17(24)15-13(11-21-6-8-22(9-7-21)12(2)23)19-18(25)20-16(15)14-5-4-10-27-14/h4-5,10,16H,3,6-9,11H2,1-2H3,(H2,19,20,25)/t16-/m0/s1. The van der Waals surface area contributed by atoms with Gasteiger partial charge in [-0.15, -0.1) is 11.3 Å². The fourth-order valence-electron chi connectivity index (χ4n) is 3.31. The molecule has 2 aliphatic heterocycles. The maximum atomic E-state index is 12.7. The van der Waals surface area contributed by atoms with Crippen LogP contribution in [0, 0.1) is 0 Å². The molecule has 9 heteroatoms. The van der Waals surface area contributed by atoms with Gasteiger partial charge in [0.2, 0.25) is 5.91 Å². The van der Waals surface area contributed by atoms with Crippen LogP contribution in [0.2, 0.25) is 0 Å². The minimum absolute atomic E-state index is 0.0639. The molecule has 27 heavy (non-hydrogen) atoms. The van der Waals surface area contributed by atoms with E-state index in [-0.39, 0.29) is 18.5 Å². The average molecular weight is 392 g/mol. The second kappa shape index (κ2) is 8.53. The molecule has 0 spiro atoms. The van der Waals surface area contributed by atoms with Gasteiger partial charge in [0.05, 0.1) is 18.2 Å². The van der Waals surface area contributed by atoms with Crippen LogP contribution in [-0.4, -0.2) is 67.0 Å². The molecule has 0 aliphatic carbocycles. The van der Waals surface area contributed by atoms with Gasteiger partial charge in [0.15, 0.2) is 0 Å². The predicted octanol–water partition coefficient (Wildman–Crippen LogP) is 1.08. The van der Waals surface area contributed by atoms with Gasteiger partial charge in [0.1, 0.15) is 0 Å². The molecule has 3 heterocycles. The number of amides is 3. The first-order chi connectivity index (χ1) is 13.0. The number of piperazine rings is 1. The molecule has 1 fully saturated rings. The van der Waals surface area contributed by atoms with E-state index < -0.39 is 12.0 Å². The van der Waals surface area contributed by atoms with Crippen molar-refractivity contribution < 1.29 is 19.1 Å². The van der Waals surface area contributed by atoms with Crippen LogP contribution in [0.25, 0.3) is 0 Å². The monoisotopic (exact) mass is 392 g/mol. The minimum atomic E-state index is -0.522. The van der Waals surface area contributed by atoms with Crippen molar-refractivity contribution in [3.05, 3.63) is 33.7 Å². The summed E-state index contributed by atoms with van der Waals surface area (Å²) in [5, 5.41) is 7.53. The third-order valence-electron chi connectivity index (χ3n) is 4.68. The highest BCUT2D eigenvalue weighted by Crippen LogP contribution is 2.31. The highest BCUT2D eigenvalue weighted by molar-refractivity contribution is 7.10. The number of carbonyl (C=O) groups is 3. The summed E-state index contributed by atoms with van der Waals surface area (Å²) >= 11 is 1.48. The fourth-order valence-corrected chi connectivity index (χ4v) is 4.09. The summed E-state index contributed by atoms with van der Waals surface area (Å²) in [6, 6.07) is 2.92. The van der Waals surface area contributed by atoms with Gasteiger partial charge in [-0.05, 0) is 18.4 Å². The molecule has 1 saturated heterocycles. The van der Waals surface area contributed by atoms with Crippen LogP contribution in [0.15, 0.2) is 28.8 Å². The highest BCUT2D eigenvalue weighted by atomic mass is 32.1. The Kier molecular flexibility index (Phi) is 6.12. The Morgan fingerprint density at radius 2 is 2.04 bits per heavy atom. The van der Waals surface area contributed by atoms with Crippen LogP contribution >= 0.6 is 11.3 Å². The van der Waals surface area contributed by atoms with E-state index in [1.54, 1.807) is 18.7 Å². The van der Waals surface area contributed by atoms with Gasteiger partial charge >= 0.3 is 12.0 Å². The highest BCUT2D eigenvalue weighted by Gasteiger charge is 2.35. The SMILES string of the molecule is CCOC(=O)C1=C(CN2CCN(C(C)=O)CC2)NC(=O)N[C@H]1c1cccs1. The summed E-state index contributed by atoms with van der Waals surface area (Å²) in [6.07, 6.45) is 0. The summed E-state index contributed by atoms with van der Waals surface area (Å²) < 4.78 is 5.26. The van der Waals surface area contributed by atoms with Crippen LogP contribution in [0.3, 0.4) is 0 Å². The Balaban J connectivity index is 1.85. The smallest absolute Gasteiger partial charge is 0.338 e. The lowest BCUT2D eigenvalue weighted by molar-refractivity contribution is -0.139. The molecular weight excluding hydrogens is 368 g/mol. The molecule has 0 aromatic carbocycles. The van der Waals surface area contributed by atoms with E-state index in [1.165, 1.54) is 11.3 Å². The number of thiophene rings is 1.